The van der Waals surface area contributed by atoms with Crippen LogP contribution in [0.15, 0.2) is 30.3 Å². The monoisotopic (exact) mass is 332 g/mol. The van der Waals surface area contributed by atoms with Gasteiger partial charge in [0.2, 0.25) is 0 Å². The van der Waals surface area contributed by atoms with E-state index in [0.717, 1.165) is 35.8 Å². The highest BCUT2D eigenvalue weighted by Gasteiger charge is 2.30. The van der Waals surface area contributed by atoms with E-state index in [1.165, 1.54) is 11.3 Å². The molecule has 0 saturated carbocycles. The van der Waals surface area contributed by atoms with E-state index in [4.69, 9.17) is 0 Å². The van der Waals surface area contributed by atoms with E-state index in [9.17, 15) is 14.7 Å². The van der Waals surface area contributed by atoms with Crippen molar-refractivity contribution in [2.24, 2.45) is 11.8 Å². The number of unbranched alkanes of at least 4 members (excludes halogenated alkanes) is 1. The van der Waals surface area contributed by atoms with E-state index >= 15 is 0 Å². The minimum atomic E-state index is -0.998. The second kappa shape index (κ2) is 8.25. The van der Waals surface area contributed by atoms with Gasteiger partial charge in [-0.2, -0.15) is 0 Å². The number of ketones is 1. The summed E-state index contributed by atoms with van der Waals surface area (Å²) in [5, 5.41) is 10.5. The fourth-order valence-electron chi connectivity index (χ4n) is 2.91. The number of fused-ring (bicyclic) bond motifs is 1. The zero-order valence-electron chi connectivity index (χ0n) is 13.7. The largest absolute Gasteiger partial charge is 0.481 e. The Balaban J connectivity index is 2.18. The molecule has 1 N–H and O–H groups in total. The van der Waals surface area contributed by atoms with Crippen molar-refractivity contribution in [3.63, 3.8) is 0 Å². The van der Waals surface area contributed by atoms with E-state index < -0.39 is 11.9 Å². The lowest BCUT2D eigenvalue weighted by molar-refractivity contribution is -0.140. The molecule has 1 aromatic carbocycles. The lowest BCUT2D eigenvalue weighted by atomic mass is 9.86. The minimum absolute atomic E-state index is 0.242. The number of carbonyl (C=O) groups excluding carboxylic acids is 1. The molecule has 124 valence electrons. The van der Waals surface area contributed by atoms with Crippen LogP contribution >= 0.6 is 11.3 Å². The molecule has 3 nitrogen and oxygen atoms in total. The Morgan fingerprint density at radius 1 is 1.22 bits per heavy atom. The molecule has 1 aromatic heterocycles. The van der Waals surface area contributed by atoms with Crippen LogP contribution in [-0.4, -0.2) is 16.9 Å². The Labute approximate surface area is 141 Å². The molecule has 0 aliphatic heterocycles. The standard InChI is InChI=1S/C19H24O3S/c1-3-5-8-13(4-2)11-15(19(21)22)18(20)17-12-14-9-6-7-10-16(14)23-17/h6-7,9-10,12-13,15H,3-5,8,11H2,1-2H3,(H,21,22). The molecule has 0 bridgehead atoms. The van der Waals surface area contributed by atoms with Crippen molar-refractivity contribution in [1.29, 1.82) is 0 Å². The summed E-state index contributed by atoms with van der Waals surface area (Å²) in [6, 6.07) is 9.60. The molecule has 0 aliphatic carbocycles. The van der Waals surface area contributed by atoms with E-state index in [1.807, 2.05) is 30.3 Å². The van der Waals surface area contributed by atoms with Gasteiger partial charge in [0.25, 0.3) is 0 Å². The summed E-state index contributed by atoms with van der Waals surface area (Å²) in [5.41, 5.74) is 0. The predicted octanol–water partition coefficient (Wildman–Crippen LogP) is 5.39. The molecule has 0 aliphatic rings. The first-order chi connectivity index (χ1) is 11.1. The van der Waals surface area contributed by atoms with Crippen molar-refractivity contribution in [2.75, 3.05) is 0 Å². The SMILES string of the molecule is CCCCC(CC)CC(C(=O)O)C(=O)c1cc2ccccc2s1. The molecule has 2 rings (SSSR count). The third kappa shape index (κ3) is 4.41. The number of Topliss-reactive ketones (excluding diaryl/α,β-unsaturated/α-hetero) is 1. The number of carbonyl (C=O) groups is 2. The summed E-state index contributed by atoms with van der Waals surface area (Å²) < 4.78 is 1.03. The molecule has 2 unspecified atom stereocenters. The quantitative estimate of drug-likeness (QED) is 0.494. The van der Waals surface area contributed by atoms with Gasteiger partial charge in [-0.25, -0.2) is 0 Å². The average Bonchev–Trinajstić information content (AvgIpc) is 2.98. The third-order valence-electron chi connectivity index (χ3n) is 4.40. The zero-order chi connectivity index (χ0) is 16.8. The van der Waals surface area contributed by atoms with Crippen LogP contribution in [0, 0.1) is 11.8 Å². The predicted molar refractivity (Wildman–Crippen MR) is 95.2 cm³/mol. The van der Waals surface area contributed by atoms with Gasteiger partial charge < -0.3 is 5.11 Å². The highest BCUT2D eigenvalue weighted by Crippen LogP contribution is 2.30. The molecule has 0 radical (unpaired) electrons. The molecular formula is C19H24O3S. The van der Waals surface area contributed by atoms with Crippen molar-refractivity contribution in [2.45, 2.75) is 46.0 Å². The number of carboxylic acid groups (broad SMARTS) is 1. The first-order valence-electron chi connectivity index (χ1n) is 8.32. The molecule has 0 spiro atoms. The Kier molecular flexibility index (Phi) is 6.34. The number of rotatable bonds is 9. The molecule has 2 aromatic rings. The average molecular weight is 332 g/mol. The van der Waals surface area contributed by atoms with E-state index in [0.29, 0.717) is 17.2 Å². The first kappa shape index (κ1) is 17.7. The van der Waals surface area contributed by atoms with Gasteiger partial charge in [0.15, 0.2) is 5.78 Å². The van der Waals surface area contributed by atoms with Crippen LogP contribution in [0.3, 0.4) is 0 Å². The summed E-state index contributed by atoms with van der Waals surface area (Å²) in [4.78, 5) is 24.9. The van der Waals surface area contributed by atoms with Crippen LogP contribution in [0.4, 0.5) is 0 Å². The summed E-state index contributed by atoms with van der Waals surface area (Å²) >= 11 is 1.39. The number of benzene rings is 1. The van der Waals surface area contributed by atoms with Crippen LogP contribution in [-0.2, 0) is 4.79 Å². The molecular weight excluding hydrogens is 308 g/mol. The van der Waals surface area contributed by atoms with E-state index in [-0.39, 0.29) is 5.78 Å². The van der Waals surface area contributed by atoms with Gasteiger partial charge in [-0.05, 0) is 29.9 Å². The summed E-state index contributed by atoms with van der Waals surface area (Å²) in [5.74, 6) is -1.87. The van der Waals surface area contributed by atoms with Crippen molar-refractivity contribution in [1.82, 2.24) is 0 Å². The van der Waals surface area contributed by atoms with Crippen molar-refractivity contribution in [3.05, 3.63) is 35.2 Å². The van der Waals surface area contributed by atoms with Crippen molar-refractivity contribution < 1.29 is 14.7 Å². The second-order valence-corrected chi connectivity index (χ2v) is 7.14. The summed E-state index contributed by atoms with van der Waals surface area (Å²) in [7, 11) is 0. The van der Waals surface area contributed by atoms with E-state index in [1.54, 1.807) is 0 Å². The first-order valence-corrected chi connectivity index (χ1v) is 9.14. The highest BCUT2D eigenvalue weighted by molar-refractivity contribution is 7.20. The van der Waals surface area contributed by atoms with Crippen LogP contribution in [0.2, 0.25) is 0 Å². The molecule has 4 heteroatoms. The molecule has 0 fully saturated rings. The number of thiophene rings is 1. The van der Waals surface area contributed by atoms with E-state index in [2.05, 4.69) is 13.8 Å². The molecule has 0 saturated heterocycles. The normalized spacial score (nSPS) is 13.8. The van der Waals surface area contributed by atoms with Gasteiger partial charge in [0.1, 0.15) is 5.92 Å². The fraction of sp³-hybridized carbons (Fsp3) is 0.474. The maximum atomic E-state index is 12.7. The van der Waals surface area contributed by atoms with Crippen LogP contribution < -0.4 is 0 Å². The molecule has 1 heterocycles. The summed E-state index contributed by atoms with van der Waals surface area (Å²) in [6.07, 6.45) is 4.54. The zero-order valence-corrected chi connectivity index (χ0v) is 14.6. The van der Waals surface area contributed by atoms with Gasteiger partial charge in [-0.1, -0.05) is 57.7 Å². The lowest BCUT2D eigenvalue weighted by Gasteiger charge is -2.18. The maximum Gasteiger partial charge on any atom is 0.314 e. The van der Waals surface area contributed by atoms with Crippen molar-refractivity contribution >= 4 is 33.2 Å². The molecule has 23 heavy (non-hydrogen) atoms. The van der Waals surface area contributed by atoms with Gasteiger partial charge in [-0.3, -0.25) is 9.59 Å². The van der Waals surface area contributed by atoms with Crippen molar-refractivity contribution in [3.8, 4) is 0 Å². The van der Waals surface area contributed by atoms with Crippen LogP contribution in [0.1, 0.15) is 55.6 Å². The van der Waals surface area contributed by atoms with Crippen LogP contribution in [0.25, 0.3) is 10.1 Å². The number of aliphatic carboxylic acids is 1. The van der Waals surface area contributed by atoms with Gasteiger partial charge in [0, 0.05) is 4.70 Å². The summed E-state index contributed by atoms with van der Waals surface area (Å²) in [6.45, 7) is 4.20. The molecule has 2 atom stereocenters. The highest BCUT2D eigenvalue weighted by atomic mass is 32.1. The number of hydrogen-bond donors (Lipinski definition) is 1. The minimum Gasteiger partial charge on any atom is -0.481 e. The Bertz CT molecular complexity index is 641. The van der Waals surface area contributed by atoms with Gasteiger partial charge >= 0.3 is 5.97 Å². The lowest BCUT2D eigenvalue weighted by Crippen LogP contribution is -2.26. The fourth-order valence-corrected chi connectivity index (χ4v) is 3.97. The molecule has 0 amide bonds. The smallest absolute Gasteiger partial charge is 0.314 e. The number of carboxylic acids is 1. The second-order valence-electron chi connectivity index (χ2n) is 6.06. The maximum absolute atomic E-state index is 12.7. The topological polar surface area (TPSA) is 54.4 Å². The van der Waals surface area contributed by atoms with Gasteiger partial charge in [0.05, 0.1) is 4.88 Å². The Morgan fingerprint density at radius 2 is 1.96 bits per heavy atom. The van der Waals surface area contributed by atoms with Crippen LogP contribution in [0.5, 0.6) is 0 Å². The Morgan fingerprint density at radius 3 is 2.57 bits per heavy atom. The van der Waals surface area contributed by atoms with Gasteiger partial charge in [-0.15, -0.1) is 11.3 Å². The third-order valence-corrected chi connectivity index (χ3v) is 5.53. The number of hydrogen-bond acceptors (Lipinski definition) is 3. The Hall–Kier alpha value is -1.68.